The van der Waals surface area contributed by atoms with Crippen LogP contribution in [0.25, 0.3) is 16.7 Å². The Balaban J connectivity index is 0.000000270. The molecule has 27 nitrogen and oxygen atoms in total. The van der Waals surface area contributed by atoms with Crippen LogP contribution in [0.4, 0.5) is 68.2 Å². The Kier molecular flexibility index (Phi) is 33.1. The minimum absolute atomic E-state index is 0. The Morgan fingerprint density at radius 2 is 0.920 bits per heavy atom. The number of rotatable bonds is 33. The standard InChI is InChI=1S/C35H50N5O6P.C25H29N5O3.C24H28N4O4.CH4/c1-11-17-45-47(34(23(2)3)24(4)5)46-18-13-12-16-39-29-20-30(43-9)32(33(44-10)31(29)25(6)21-35(39,7)8)38-37-28-15-14-27(40(41)42)19-26(28)22-36;1-6-7-8-11-29-23-14-24(33-5)22(13-20(23)17(2)15-25(29,3)4)28-27-21-10-9-19(30(31)32)12-18(21)16-26;1-16-15-24(3,4)27(12-6-7-17(2)29)22-14-23(32-5)21(13-20(16)22)26-25-18-8-10-19(11-9-18)28(30)31;/h14-15,19-21,23-24,34H,11-13,16-18H2,1-10H3;9-10,12-15H,6-8,11H2,1-5H3;8-11,13-15H,6-7,12H2,1-5H3;1H4. The van der Waals surface area contributed by atoms with Crippen molar-refractivity contribution in [1.29, 1.82) is 10.5 Å². The Labute approximate surface area is 666 Å². The van der Waals surface area contributed by atoms with Crippen molar-refractivity contribution >= 4 is 99.1 Å². The average Bonchev–Trinajstić information content (AvgIpc) is 0.749. The normalized spacial score (nSPS) is 14.6. The maximum Gasteiger partial charge on any atom is 0.270 e. The minimum Gasteiger partial charge on any atom is -0.494 e. The van der Waals surface area contributed by atoms with Gasteiger partial charge in [-0.1, -0.05) is 80.0 Å². The van der Waals surface area contributed by atoms with E-state index in [2.05, 4.69) is 161 Å². The van der Waals surface area contributed by atoms with Crippen LogP contribution >= 0.6 is 8.38 Å². The summed E-state index contributed by atoms with van der Waals surface area (Å²) in [5.74, 6) is 3.25. The molecule has 0 bridgehead atoms. The number of unbranched alkanes of at least 4 members (excludes halogenated alkanes) is 3. The number of carbonyl (C=O) groups excluding carboxylic acids is 1. The number of nitro groups is 3. The molecule has 0 saturated heterocycles. The zero-order valence-corrected chi connectivity index (χ0v) is 69.2. The summed E-state index contributed by atoms with van der Waals surface area (Å²) in [6, 6.07) is 27.4. The van der Waals surface area contributed by atoms with Gasteiger partial charge in [0.25, 0.3) is 17.1 Å². The minimum atomic E-state index is -0.976. The largest absolute Gasteiger partial charge is 0.494 e. The number of allylic oxidation sites excluding steroid dienone is 3. The Hall–Kier alpha value is -10.9. The van der Waals surface area contributed by atoms with Crippen LogP contribution in [0.3, 0.4) is 0 Å². The van der Waals surface area contributed by atoms with E-state index in [1.807, 2.05) is 49.4 Å². The molecule has 0 saturated carbocycles. The van der Waals surface area contributed by atoms with Gasteiger partial charge in [0.1, 0.15) is 52.2 Å². The topological polar surface area (TPSA) is 333 Å². The molecule has 9 rings (SSSR count). The highest BCUT2D eigenvalue weighted by Gasteiger charge is 2.38. The molecule has 0 amide bonds. The van der Waals surface area contributed by atoms with E-state index in [1.165, 1.54) is 55.0 Å². The third-order valence-corrected chi connectivity index (χ3v) is 22.1. The second kappa shape index (κ2) is 41.1. The summed E-state index contributed by atoms with van der Waals surface area (Å²) in [5, 5.41) is 77.8. The summed E-state index contributed by atoms with van der Waals surface area (Å²) >= 11 is 0. The first kappa shape index (κ1) is 91.0. The first-order valence-corrected chi connectivity index (χ1v) is 39.0. The van der Waals surface area contributed by atoms with Crippen molar-refractivity contribution in [2.24, 2.45) is 42.5 Å². The predicted molar refractivity (Wildman–Crippen MR) is 450 cm³/mol. The van der Waals surface area contributed by atoms with E-state index >= 15 is 0 Å². The first-order chi connectivity index (χ1) is 53.1. The number of Topliss-reactive ketones (excluding diaryl/α,β-unsaturated/α-hetero) is 1. The monoisotopic (exact) mass is 1570 g/mol. The van der Waals surface area contributed by atoms with Crippen molar-refractivity contribution in [1.82, 2.24) is 0 Å². The molecule has 0 N–H and O–H groups in total. The quantitative estimate of drug-likeness (QED) is 0.0121. The number of anilines is 3. The fourth-order valence-corrected chi connectivity index (χ4v) is 16.4. The van der Waals surface area contributed by atoms with Crippen LogP contribution in [0, 0.1) is 64.8 Å². The van der Waals surface area contributed by atoms with Gasteiger partial charge >= 0.3 is 0 Å². The number of azo groups is 3. The van der Waals surface area contributed by atoms with Gasteiger partial charge in [-0.15, -0.1) is 25.6 Å². The summed E-state index contributed by atoms with van der Waals surface area (Å²) in [7, 11) is 5.34. The van der Waals surface area contributed by atoms with E-state index in [-0.39, 0.29) is 69.4 Å². The zero-order valence-electron chi connectivity index (χ0n) is 68.3. The Bertz CT molecular complexity index is 4660. The molecule has 0 aromatic heterocycles. The van der Waals surface area contributed by atoms with E-state index < -0.39 is 23.1 Å². The number of ketones is 1. The fourth-order valence-electron chi connectivity index (χ4n) is 14.3. The number of nitro benzene ring substituents is 3. The lowest BCUT2D eigenvalue weighted by atomic mass is 9.87. The van der Waals surface area contributed by atoms with Crippen molar-refractivity contribution in [2.75, 3.05) is 76.0 Å². The number of nitrogens with zero attached hydrogens (tertiary/aromatic N) is 14. The maximum atomic E-state index is 11.4. The zero-order chi connectivity index (χ0) is 82.5. The molecule has 0 aliphatic carbocycles. The lowest BCUT2D eigenvalue weighted by molar-refractivity contribution is -0.385. The molecule has 3 aliphatic heterocycles. The van der Waals surface area contributed by atoms with Crippen molar-refractivity contribution in [3.63, 3.8) is 0 Å². The van der Waals surface area contributed by atoms with Gasteiger partial charge in [0, 0.05) is 114 Å². The molecule has 1 unspecified atom stereocenters. The number of nitriles is 2. The number of hydrogen-bond donors (Lipinski definition) is 0. The Morgan fingerprint density at radius 1 is 0.504 bits per heavy atom. The summed E-state index contributed by atoms with van der Waals surface area (Å²) in [6.45, 7) is 38.1. The van der Waals surface area contributed by atoms with Crippen molar-refractivity contribution < 1.29 is 47.6 Å². The van der Waals surface area contributed by atoms with Gasteiger partial charge in [-0.3, -0.25) is 30.3 Å². The van der Waals surface area contributed by atoms with Gasteiger partial charge in [0.15, 0.2) is 25.6 Å². The first-order valence-electron chi connectivity index (χ1n) is 37.7. The molecular formula is C85H111N14O13P. The van der Waals surface area contributed by atoms with Crippen molar-refractivity contribution in [3.8, 4) is 35.1 Å². The van der Waals surface area contributed by atoms with Gasteiger partial charge in [0.2, 0.25) is 0 Å². The highest BCUT2D eigenvalue weighted by molar-refractivity contribution is 7.48. The number of ether oxygens (including phenoxy) is 4. The number of hydrogen-bond acceptors (Lipinski definition) is 24. The number of fused-ring (bicyclic) bond motifs is 3. The van der Waals surface area contributed by atoms with Crippen LogP contribution in [0.2, 0.25) is 0 Å². The summed E-state index contributed by atoms with van der Waals surface area (Å²) in [6.07, 6.45) is 14.2. The maximum absolute atomic E-state index is 11.4. The molecule has 113 heavy (non-hydrogen) atoms. The van der Waals surface area contributed by atoms with Crippen LogP contribution in [-0.4, -0.2) is 104 Å². The van der Waals surface area contributed by atoms with Gasteiger partial charge in [-0.05, 0) is 166 Å². The van der Waals surface area contributed by atoms with Gasteiger partial charge in [0.05, 0.1) is 95.5 Å². The summed E-state index contributed by atoms with van der Waals surface area (Å²) in [4.78, 5) is 49.9. The molecule has 1 atom stereocenters. The van der Waals surface area contributed by atoms with E-state index in [1.54, 1.807) is 47.5 Å². The number of benzene rings is 6. The van der Waals surface area contributed by atoms with Crippen LogP contribution in [-0.2, 0) is 13.8 Å². The smallest absolute Gasteiger partial charge is 0.270 e. The SMILES string of the molecule is C.CCCCCN1c2cc(OC)c(N=Nc3ccc([N+](=O)[O-])cc3C#N)cc2C(C)=CC1(C)C.CCCOP(OCCCCN1c2cc(OC)c(N=Nc3ccc([N+](=O)[O-])cc3C#N)c(OC)c2C(C)=CC1(C)C)C(C(C)C)C(C)C.COc1cc2c(cc1N=Nc1ccc([N+](=O)[O-])cc1)C(C)=CC(C)(C)N2CCCC(C)=O. The number of methoxy groups -OCH3 is 4. The summed E-state index contributed by atoms with van der Waals surface area (Å²) in [5.41, 5.74) is 11.3. The Morgan fingerprint density at radius 3 is 1.35 bits per heavy atom. The second-order valence-corrected chi connectivity index (χ2v) is 31.7. The van der Waals surface area contributed by atoms with Crippen LogP contribution < -0.4 is 33.6 Å². The molecule has 0 fully saturated rings. The lowest BCUT2D eigenvalue weighted by Crippen LogP contribution is -2.45. The van der Waals surface area contributed by atoms with Gasteiger partial charge in [-0.25, -0.2) is 0 Å². The molecule has 0 radical (unpaired) electrons. The molecule has 3 aliphatic rings. The van der Waals surface area contributed by atoms with Gasteiger partial charge in [-0.2, -0.15) is 15.6 Å². The molecule has 6 aromatic rings. The summed E-state index contributed by atoms with van der Waals surface area (Å²) < 4.78 is 35.7. The van der Waals surface area contributed by atoms with Crippen molar-refractivity contribution in [3.05, 3.63) is 167 Å². The number of carbonyl (C=O) groups is 1. The van der Waals surface area contributed by atoms with E-state index in [4.69, 9.17) is 28.0 Å². The molecule has 0 spiro atoms. The molecule has 3 heterocycles. The third kappa shape index (κ3) is 22.9. The van der Waals surface area contributed by atoms with Crippen LogP contribution in [0.5, 0.6) is 23.0 Å². The fraction of sp³-hybridized carbons (Fsp3) is 0.471. The molecule has 28 heteroatoms. The average molecular weight is 1570 g/mol. The second-order valence-electron chi connectivity index (χ2n) is 30.0. The molecule has 6 aromatic carbocycles. The van der Waals surface area contributed by atoms with E-state index in [0.717, 1.165) is 109 Å². The third-order valence-electron chi connectivity index (χ3n) is 19.5. The highest BCUT2D eigenvalue weighted by Crippen LogP contribution is 2.54. The molecule has 604 valence electrons. The lowest BCUT2D eigenvalue weighted by Gasteiger charge is -2.44. The van der Waals surface area contributed by atoms with E-state index in [0.29, 0.717) is 82.9 Å². The van der Waals surface area contributed by atoms with Crippen LogP contribution in [0.1, 0.15) is 197 Å². The number of non-ortho nitro benzene ring substituents is 3. The van der Waals surface area contributed by atoms with Crippen molar-refractivity contribution in [2.45, 2.75) is 192 Å². The van der Waals surface area contributed by atoms with Crippen LogP contribution in [0.15, 0.2) is 140 Å². The predicted octanol–water partition coefficient (Wildman–Crippen LogP) is 24.2. The highest BCUT2D eigenvalue weighted by atomic mass is 31.2. The van der Waals surface area contributed by atoms with E-state index in [9.17, 15) is 45.7 Å². The van der Waals surface area contributed by atoms with Gasteiger partial charge < -0.3 is 47.5 Å². The molecular weight excluding hydrogens is 1460 g/mol.